The third-order valence-electron chi connectivity index (χ3n) is 4.26. The molecule has 1 aliphatic heterocycles. The minimum atomic E-state index is -0.203. The van der Waals surface area contributed by atoms with E-state index < -0.39 is 0 Å². The van der Waals surface area contributed by atoms with Crippen LogP contribution < -0.4 is 20.1 Å². The molecular formula is C21H19ClN4O3. The lowest BCUT2D eigenvalue weighted by molar-refractivity contribution is 0.0951. The van der Waals surface area contributed by atoms with Crippen LogP contribution in [0.4, 0.5) is 11.6 Å². The molecule has 7 nitrogen and oxygen atoms in total. The summed E-state index contributed by atoms with van der Waals surface area (Å²) in [4.78, 5) is 20.8. The second-order valence-electron chi connectivity index (χ2n) is 6.42. The number of halogens is 1. The SMILES string of the molecule is O=C(NCc1cc(Cl)c2c(c1)OCCCO2)c1cccc(Nc2ncccn2)c1. The molecule has 0 unspecified atom stereocenters. The van der Waals surface area contributed by atoms with Crippen molar-refractivity contribution in [3.63, 3.8) is 0 Å². The predicted octanol–water partition coefficient (Wildman–Crippen LogP) is 3.96. The number of hydrogen-bond donors (Lipinski definition) is 2. The van der Waals surface area contributed by atoms with Crippen molar-refractivity contribution in [2.75, 3.05) is 18.5 Å². The fourth-order valence-electron chi connectivity index (χ4n) is 2.90. The van der Waals surface area contributed by atoms with Gasteiger partial charge in [-0.3, -0.25) is 4.79 Å². The molecular weight excluding hydrogens is 392 g/mol. The molecule has 1 aliphatic rings. The molecule has 3 aromatic rings. The van der Waals surface area contributed by atoms with Gasteiger partial charge in [-0.25, -0.2) is 9.97 Å². The molecule has 29 heavy (non-hydrogen) atoms. The zero-order valence-electron chi connectivity index (χ0n) is 15.5. The van der Waals surface area contributed by atoms with Crippen LogP contribution in [0.25, 0.3) is 0 Å². The summed E-state index contributed by atoms with van der Waals surface area (Å²) in [6.45, 7) is 1.46. The number of benzene rings is 2. The maximum absolute atomic E-state index is 12.6. The summed E-state index contributed by atoms with van der Waals surface area (Å²) in [6.07, 6.45) is 4.09. The Morgan fingerprint density at radius 2 is 1.90 bits per heavy atom. The zero-order chi connectivity index (χ0) is 20.1. The van der Waals surface area contributed by atoms with Gasteiger partial charge in [0.1, 0.15) is 0 Å². The molecule has 1 amide bonds. The number of rotatable bonds is 5. The summed E-state index contributed by atoms with van der Waals surface area (Å²) in [5.41, 5.74) is 2.08. The minimum absolute atomic E-state index is 0.203. The number of nitrogens with zero attached hydrogens (tertiary/aromatic N) is 2. The third-order valence-corrected chi connectivity index (χ3v) is 4.54. The van der Waals surface area contributed by atoms with Crippen LogP contribution in [-0.4, -0.2) is 29.1 Å². The molecule has 2 N–H and O–H groups in total. The Bertz CT molecular complexity index is 1010. The zero-order valence-corrected chi connectivity index (χ0v) is 16.3. The van der Waals surface area contributed by atoms with Crippen molar-refractivity contribution >= 4 is 29.1 Å². The first-order valence-corrected chi connectivity index (χ1v) is 9.57. The molecule has 4 rings (SSSR count). The van der Waals surface area contributed by atoms with Crippen molar-refractivity contribution in [3.8, 4) is 11.5 Å². The first-order chi connectivity index (χ1) is 14.2. The summed E-state index contributed by atoms with van der Waals surface area (Å²) in [5, 5.41) is 6.45. The van der Waals surface area contributed by atoms with E-state index in [2.05, 4.69) is 20.6 Å². The Labute approximate surface area is 173 Å². The average molecular weight is 411 g/mol. The average Bonchev–Trinajstić information content (AvgIpc) is 2.99. The van der Waals surface area contributed by atoms with Crippen LogP contribution >= 0.6 is 11.6 Å². The Morgan fingerprint density at radius 1 is 1.07 bits per heavy atom. The summed E-state index contributed by atoms with van der Waals surface area (Å²) < 4.78 is 11.3. The molecule has 0 radical (unpaired) electrons. The van der Waals surface area contributed by atoms with Crippen molar-refractivity contribution in [3.05, 3.63) is 71.0 Å². The number of hydrogen-bond acceptors (Lipinski definition) is 6. The largest absolute Gasteiger partial charge is 0.489 e. The second-order valence-corrected chi connectivity index (χ2v) is 6.82. The normalized spacial score (nSPS) is 12.7. The highest BCUT2D eigenvalue weighted by Crippen LogP contribution is 2.37. The standard InChI is InChI=1S/C21H19ClN4O3/c22-17-10-14(11-18-19(17)29-9-3-8-28-18)13-25-20(27)15-4-1-5-16(12-15)26-21-23-6-2-7-24-21/h1-2,4-7,10-12H,3,8-9,13H2,(H,25,27)(H,23,24,26). The molecule has 2 aromatic carbocycles. The van der Waals surface area contributed by atoms with Crippen LogP contribution in [0, 0.1) is 0 Å². The number of fused-ring (bicyclic) bond motifs is 1. The molecule has 0 saturated heterocycles. The predicted molar refractivity (Wildman–Crippen MR) is 110 cm³/mol. The van der Waals surface area contributed by atoms with Crippen LogP contribution in [0.5, 0.6) is 11.5 Å². The van der Waals surface area contributed by atoms with Crippen molar-refractivity contribution in [1.29, 1.82) is 0 Å². The number of carbonyl (C=O) groups is 1. The molecule has 0 atom stereocenters. The number of ether oxygens (including phenoxy) is 2. The fraction of sp³-hybridized carbons (Fsp3) is 0.190. The Hall–Kier alpha value is -3.32. The molecule has 8 heteroatoms. The summed E-state index contributed by atoms with van der Waals surface area (Å²) >= 11 is 6.31. The molecule has 0 aliphatic carbocycles. The van der Waals surface area contributed by atoms with E-state index in [1.54, 1.807) is 42.7 Å². The van der Waals surface area contributed by atoms with E-state index in [1.807, 2.05) is 12.1 Å². The minimum Gasteiger partial charge on any atom is -0.489 e. The van der Waals surface area contributed by atoms with Gasteiger partial charge >= 0.3 is 0 Å². The van der Waals surface area contributed by atoms with Crippen LogP contribution in [0.15, 0.2) is 54.9 Å². The van der Waals surface area contributed by atoms with Gasteiger partial charge in [0.05, 0.1) is 18.2 Å². The number of nitrogens with one attached hydrogen (secondary N) is 2. The Balaban J connectivity index is 1.43. The van der Waals surface area contributed by atoms with Crippen LogP contribution in [0.2, 0.25) is 5.02 Å². The van der Waals surface area contributed by atoms with Crippen molar-refractivity contribution in [2.45, 2.75) is 13.0 Å². The Morgan fingerprint density at radius 3 is 2.76 bits per heavy atom. The number of amides is 1. The van der Waals surface area contributed by atoms with Gasteiger partial charge in [-0.15, -0.1) is 0 Å². The van der Waals surface area contributed by atoms with Gasteiger partial charge in [-0.1, -0.05) is 17.7 Å². The molecule has 148 valence electrons. The van der Waals surface area contributed by atoms with E-state index in [1.165, 1.54) is 0 Å². The number of anilines is 2. The first-order valence-electron chi connectivity index (χ1n) is 9.19. The molecule has 0 fully saturated rings. The van der Waals surface area contributed by atoms with Crippen molar-refractivity contribution < 1.29 is 14.3 Å². The van der Waals surface area contributed by atoms with E-state index in [-0.39, 0.29) is 5.91 Å². The molecule has 0 bridgehead atoms. The summed E-state index contributed by atoms with van der Waals surface area (Å²) in [7, 11) is 0. The molecule has 0 spiro atoms. The van der Waals surface area contributed by atoms with E-state index in [0.717, 1.165) is 17.7 Å². The monoisotopic (exact) mass is 410 g/mol. The lowest BCUT2D eigenvalue weighted by atomic mass is 10.1. The molecule has 0 saturated carbocycles. The topological polar surface area (TPSA) is 85.4 Å². The van der Waals surface area contributed by atoms with Gasteiger partial charge in [-0.05, 0) is 42.0 Å². The first kappa shape index (κ1) is 19.0. The van der Waals surface area contributed by atoms with Crippen molar-refractivity contribution in [1.82, 2.24) is 15.3 Å². The number of aromatic nitrogens is 2. The van der Waals surface area contributed by atoms with Gasteiger partial charge in [-0.2, -0.15) is 0 Å². The van der Waals surface area contributed by atoms with Gasteiger partial charge in [0.2, 0.25) is 5.95 Å². The van der Waals surface area contributed by atoms with E-state index >= 15 is 0 Å². The van der Waals surface area contributed by atoms with Gasteiger partial charge < -0.3 is 20.1 Å². The highest BCUT2D eigenvalue weighted by atomic mass is 35.5. The highest BCUT2D eigenvalue weighted by Gasteiger charge is 2.16. The lowest BCUT2D eigenvalue weighted by Gasteiger charge is -2.12. The van der Waals surface area contributed by atoms with Crippen LogP contribution in [0.3, 0.4) is 0 Å². The van der Waals surface area contributed by atoms with E-state index in [0.29, 0.717) is 47.8 Å². The summed E-state index contributed by atoms with van der Waals surface area (Å²) in [5.74, 6) is 1.42. The fourth-order valence-corrected chi connectivity index (χ4v) is 3.19. The smallest absolute Gasteiger partial charge is 0.251 e. The summed E-state index contributed by atoms with van der Waals surface area (Å²) in [6, 6.07) is 12.5. The maximum Gasteiger partial charge on any atom is 0.251 e. The molecule has 2 heterocycles. The quantitative estimate of drug-likeness (QED) is 0.662. The second kappa shape index (κ2) is 8.79. The highest BCUT2D eigenvalue weighted by molar-refractivity contribution is 6.32. The van der Waals surface area contributed by atoms with Gasteiger partial charge in [0, 0.05) is 36.6 Å². The Kier molecular flexibility index (Phi) is 5.76. The van der Waals surface area contributed by atoms with Crippen molar-refractivity contribution in [2.24, 2.45) is 0 Å². The van der Waals surface area contributed by atoms with Crippen LogP contribution in [0.1, 0.15) is 22.3 Å². The molecule has 1 aromatic heterocycles. The maximum atomic E-state index is 12.6. The van der Waals surface area contributed by atoms with E-state index in [4.69, 9.17) is 21.1 Å². The van der Waals surface area contributed by atoms with Crippen LogP contribution in [-0.2, 0) is 6.54 Å². The van der Waals surface area contributed by atoms with E-state index in [9.17, 15) is 4.79 Å². The third kappa shape index (κ3) is 4.75. The van der Waals surface area contributed by atoms with Gasteiger partial charge in [0.15, 0.2) is 11.5 Å². The number of carbonyl (C=O) groups excluding carboxylic acids is 1. The van der Waals surface area contributed by atoms with Gasteiger partial charge in [0.25, 0.3) is 5.91 Å². The lowest BCUT2D eigenvalue weighted by Crippen LogP contribution is -2.22.